The van der Waals surface area contributed by atoms with Crippen LogP contribution in [-0.2, 0) is 9.53 Å². The third kappa shape index (κ3) is 4.80. The highest BCUT2D eigenvalue weighted by molar-refractivity contribution is 5.56. The Morgan fingerprint density at radius 3 is 2.47 bits per heavy atom. The molecule has 0 aliphatic carbocycles. The first-order valence-corrected chi connectivity index (χ1v) is 6.07. The highest BCUT2D eigenvalue weighted by Crippen LogP contribution is 2.25. The van der Waals surface area contributed by atoms with Gasteiger partial charge < -0.3 is 14.6 Å². The van der Waals surface area contributed by atoms with Gasteiger partial charge in [0.05, 0.1) is 0 Å². The SMILES string of the molecule is CC.CO.O=CC1CCC(n2ccc(=O)[nH]c2=O)O1. The van der Waals surface area contributed by atoms with Crippen LogP contribution in [0, 0.1) is 0 Å². The number of aliphatic hydroxyl groups is 1. The lowest BCUT2D eigenvalue weighted by Crippen LogP contribution is -2.31. The molecule has 7 nitrogen and oxygen atoms in total. The second kappa shape index (κ2) is 9.23. The number of carbonyl (C=O) groups excluding carboxylic acids is 1. The van der Waals surface area contributed by atoms with Crippen LogP contribution in [0.1, 0.15) is 32.9 Å². The third-order valence-electron chi connectivity index (χ3n) is 2.34. The summed E-state index contributed by atoms with van der Waals surface area (Å²) in [5.41, 5.74) is -0.958. The molecule has 2 N–H and O–H groups in total. The van der Waals surface area contributed by atoms with E-state index in [0.29, 0.717) is 12.8 Å². The first-order valence-electron chi connectivity index (χ1n) is 6.07. The molecule has 2 atom stereocenters. The van der Waals surface area contributed by atoms with Crippen molar-refractivity contribution in [3.63, 3.8) is 0 Å². The van der Waals surface area contributed by atoms with Crippen LogP contribution in [0.3, 0.4) is 0 Å². The van der Waals surface area contributed by atoms with Gasteiger partial charge in [-0.2, -0.15) is 0 Å². The van der Waals surface area contributed by atoms with Crippen molar-refractivity contribution < 1.29 is 14.6 Å². The van der Waals surface area contributed by atoms with Gasteiger partial charge in [-0.05, 0) is 12.8 Å². The van der Waals surface area contributed by atoms with Gasteiger partial charge >= 0.3 is 5.69 Å². The second-order valence-electron chi connectivity index (χ2n) is 3.36. The monoisotopic (exact) mass is 272 g/mol. The third-order valence-corrected chi connectivity index (χ3v) is 2.34. The van der Waals surface area contributed by atoms with E-state index in [0.717, 1.165) is 13.4 Å². The quantitative estimate of drug-likeness (QED) is 0.741. The molecule has 1 aliphatic rings. The van der Waals surface area contributed by atoms with Gasteiger partial charge in [0.2, 0.25) is 0 Å². The molecule has 0 saturated carbocycles. The minimum absolute atomic E-state index is 0.443. The number of rotatable bonds is 2. The predicted molar refractivity (Wildman–Crippen MR) is 70.0 cm³/mol. The number of hydrogen-bond donors (Lipinski definition) is 2. The van der Waals surface area contributed by atoms with E-state index in [9.17, 15) is 14.4 Å². The van der Waals surface area contributed by atoms with Gasteiger partial charge in [-0.15, -0.1) is 0 Å². The average Bonchev–Trinajstić information content (AvgIpc) is 2.92. The van der Waals surface area contributed by atoms with E-state index >= 15 is 0 Å². The van der Waals surface area contributed by atoms with Crippen LogP contribution < -0.4 is 11.2 Å². The van der Waals surface area contributed by atoms with Crippen molar-refractivity contribution in [2.75, 3.05) is 7.11 Å². The van der Waals surface area contributed by atoms with E-state index in [-0.39, 0.29) is 0 Å². The Bertz CT molecular complexity index is 479. The second-order valence-corrected chi connectivity index (χ2v) is 3.36. The normalized spacial score (nSPS) is 20.6. The fraction of sp³-hybridized carbons (Fsp3) is 0.583. The lowest BCUT2D eigenvalue weighted by molar-refractivity contribution is -0.119. The van der Waals surface area contributed by atoms with E-state index in [4.69, 9.17) is 9.84 Å². The molecule has 1 fully saturated rings. The van der Waals surface area contributed by atoms with Crippen molar-refractivity contribution in [1.29, 1.82) is 0 Å². The summed E-state index contributed by atoms with van der Waals surface area (Å²) >= 11 is 0. The van der Waals surface area contributed by atoms with Gasteiger partial charge in [-0.25, -0.2) is 4.79 Å². The Labute approximate surface area is 110 Å². The molecule has 108 valence electrons. The van der Waals surface area contributed by atoms with Crippen LogP contribution in [0.25, 0.3) is 0 Å². The first kappa shape index (κ1) is 17.3. The molecular weight excluding hydrogens is 252 g/mol. The molecule has 2 rings (SSSR count). The molecule has 7 heteroatoms. The highest BCUT2D eigenvalue weighted by atomic mass is 16.5. The molecule has 2 unspecified atom stereocenters. The maximum atomic E-state index is 11.4. The fourth-order valence-corrected chi connectivity index (χ4v) is 1.60. The lowest BCUT2D eigenvalue weighted by Gasteiger charge is -2.12. The maximum Gasteiger partial charge on any atom is 0.330 e. The molecule has 0 radical (unpaired) electrons. The van der Waals surface area contributed by atoms with Crippen molar-refractivity contribution in [3.8, 4) is 0 Å². The number of aromatic nitrogens is 2. The topological polar surface area (TPSA) is 101 Å². The van der Waals surface area contributed by atoms with Crippen molar-refractivity contribution in [2.24, 2.45) is 0 Å². The minimum Gasteiger partial charge on any atom is -0.400 e. The van der Waals surface area contributed by atoms with E-state index in [1.54, 1.807) is 0 Å². The molecule has 1 aromatic heterocycles. The predicted octanol–water partition coefficient (Wildman–Crippen LogP) is 0.0478. The number of carbonyl (C=O) groups is 1. The Morgan fingerprint density at radius 2 is 2.00 bits per heavy atom. The van der Waals surface area contributed by atoms with Gasteiger partial charge in [0.1, 0.15) is 18.6 Å². The van der Waals surface area contributed by atoms with Crippen LogP contribution >= 0.6 is 0 Å². The van der Waals surface area contributed by atoms with Crippen LogP contribution in [0.4, 0.5) is 0 Å². The number of aldehydes is 1. The molecular formula is C12H20N2O5. The van der Waals surface area contributed by atoms with Crippen molar-refractivity contribution >= 4 is 6.29 Å². The molecule has 0 aromatic carbocycles. The Morgan fingerprint density at radius 1 is 1.37 bits per heavy atom. The summed E-state index contributed by atoms with van der Waals surface area (Å²) in [5.74, 6) is 0. The number of nitrogens with zero attached hydrogens (tertiary/aromatic N) is 1. The summed E-state index contributed by atoms with van der Waals surface area (Å²) in [6, 6.07) is 1.25. The zero-order chi connectivity index (χ0) is 14.8. The summed E-state index contributed by atoms with van der Waals surface area (Å²) in [7, 11) is 1.00. The molecule has 0 bridgehead atoms. The van der Waals surface area contributed by atoms with Crippen molar-refractivity contribution in [2.45, 2.75) is 39.0 Å². The van der Waals surface area contributed by atoms with Gasteiger partial charge in [-0.1, -0.05) is 13.8 Å². The van der Waals surface area contributed by atoms with Gasteiger partial charge in [0.15, 0.2) is 0 Å². The largest absolute Gasteiger partial charge is 0.400 e. The van der Waals surface area contributed by atoms with Crippen LogP contribution in [-0.4, -0.2) is 34.2 Å². The van der Waals surface area contributed by atoms with Crippen LogP contribution in [0.2, 0.25) is 0 Å². The summed E-state index contributed by atoms with van der Waals surface area (Å²) in [5, 5.41) is 7.00. The Kier molecular flexibility index (Phi) is 8.39. The lowest BCUT2D eigenvalue weighted by atomic mass is 10.2. The summed E-state index contributed by atoms with van der Waals surface area (Å²) in [6.45, 7) is 4.00. The number of hydrogen-bond acceptors (Lipinski definition) is 5. The smallest absolute Gasteiger partial charge is 0.330 e. The molecule has 1 aliphatic heterocycles. The van der Waals surface area contributed by atoms with Gasteiger partial charge in [-0.3, -0.25) is 14.3 Å². The Balaban J connectivity index is 0.000000741. The van der Waals surface area contributed by atoms with E-state index < -0.39 is 23.6 Å². The molecule has 19 heavy (non-hydrogen) atoms. The molecule has 0 amide bonds. The van der Waals surface area contributed by atoms with Crippen molar-refractivity contribution in [3.05, 3.63) is 33.1 Å². The van der Waals surface area contributed by atoms with E-state index in [2.05, 4.69) is 4.98 Å². The maximum absolute atomic E-state index is 11.4. The standard InChI is InChI=1S/C9H10N2O4.C2H6.CH4O/c12-5-6-1-2-8(15-6)11-4-3-7(13)10-9(11)14;2*1-2/h3-6,8H,1-2H2,(H,10,13,14);1-2H3;2H,1H3. The summed E-state index contributed by atoms with van der Waals surface area (Å²) < 4.78 is 6.57. The average molecular weight is 272 g/mol. The molecule has 1 saturated heterocycles. The fourth-order valence-electron chi connectivity index (χ4n) is 1.60. The van der Waals surface area contributed by atoms with Gasteiger partial charge in [0.25, 0.3) is 5.56 Å². The number of ether oxygens (including phenoxy) is 1. The van der Waals surface area contributed by atoms with Crippen LogP contribution in [0.5, 0.6) is 0 Å². The molecule has 0 spiro atoms. The number of aromatic amines is 1. The summed E-state index contributed by atoms with van der Waals surface area (Å²) in [6.07, 6.45) is 2.38. The molecule has 2 heterocycles. The van der Waals surface area contributed by atoms with Crippen molar-refractivity contribution in [1.82, 2.24) is 9.55 Å². The van der Waals surface area contributed by atoms with E-state index in [1.807, 2.05) is 13.8 Å². The highest BCUT2D eigenvalue weighted by Gasteiger charge is 2.26. The van der Waals surface area contributed by atoms with E-state index in [1.165, 1.54) is 16.8 Å². The summed E-state index contributed by atoms with van der Waals surface area (Å²) in [4.78, 5) is 34.8. The first-order chi connectivity index (χ1) is 9.20. The Hall–Kier alpha value is -1.73. The zero-order valence-corrected chi connectivity index (χ0v) is 11.3. The molecule has 1 aromatic rings. The van der Waals surface area contributed by atoms with Crippen LogP contribution in [0.15, 0.2) is 21.9 Å². The number of H-pyrrole nitrogens is 1. The number of aliphatic hydroxyl groups excluding tert-OH is 1. The minimum atomic E-state index is -0.515. The zero-order valence-electron chi connectivity index (χ0n) is 11.3. The number of nitrogens with one attached hydrogen (secondary N) is 1. The van der Waals surface area contributed by atoms with Gasteiger partial charge in [0, 0.05) is 19.4 Å².